The molecule has 0 saturated heterocycles. The van der Waals surface area contributed by atoms with Crippen molar-refractivity contribution in [3.8, 4) is 11.5 Å². The number of hydrogen-bond acceptors (Lipinski definition) is 8. The van der Waals surface area contributed by atoms with E-state index < -0.39 is 22.1 Å². The van der Waals surface area contributed by atoms with Crippen LogP contribution in [0.25, 0.3) is 0 Å². The molecule has 0 aliphatic carbocycles. The third-order valence-electron chi connectivity index (χ3n) is 3.65. The summed E-state index contributed by atoms with van der Waals surface area (Å²) in [5.74, 6) is -0.464. The number of aryl methyl sites for hydroxylation is 1. The molecule has 0 radical (unpaired) electrons. The molecule has 0 unspecified atom stereocenters. The molecule has 2 aromatic carbocycles. The minimum Gasteiger partial charge on any atom is -0.872 e. The van der Waals surface area contributed by atoms with E-state index in [1.807, 2.05) is 24.3 Å². The Bertz CT molecular complexity index is 1050. The van der Waals surface area contributed by atoms with Gasteiger partial charge < -0.3 is 10.2 Å². The number of nitro benzene ring substituents is 1. The minimum absolute atomic E-state index is 0.0664. The van der Waals surface area contributed by atoms with Gasteiger partial charge in [-0.15, -0.1) is 15.9 Å². The number of thioether (sulfide) groups is 1. The molecule has 0 saturated carbocycles. The second-order valence-corrected chi connectivity index (χ2v) is 7.47. The van der Waals surface area contributed by atoms with Crippen molar-refractivity contribution < 1.29 is 15.1 Å². The van der Waals surface area contributed by atoms with Gasteiger partial charge in [-0.25, -0.2) is 0 Å². The second-order valence-electron chi connectivity index (χ2n) is 5.62. The molecule has 144 valence electrons. The van der Waals surface area contributed by atoms with Gasteiger partial charge in [0.1, 0.15) is 0 Å². The van der Waals surface area contributed by atoms with Crippen LogP contribution < -0.4 is 10.2 Å². The van der Waals surface area contributed by atoms with E-state index in [1.54, 1.807) is 6.92 Å². The van der Waals surface area contributed by atoms with Crippen molar-refractivity contribution in [1.29, 1.82) is 0 Å². The van der Waals surface area contributed by atoms with E-state index in [0.29, 0.717) is 22.8 Å². The molecular weight excluding hydrogens is 450 g/mol. The standard InChI is InChI=1S/C17H14BrN5O4S/c1-10-20-21-17(28-9-11-2-4-13(18)5-3-11)22(10)19-8-12-6-14(23(26)27)16(25)7-15(12)24/h2-8,24-25H,9H2,1H3/p-2/b19-8-. The van der Waals surface area contributed by atoms with Crippen LogP contribution in [0, 0.1) is 17.0 Å². The molecule has 11 heteroatoms. The summed E-state index contributed by atoms with van der Waals surface area (Å²) in [4.78, 5) is 10.1. The SMILES string of the molecule is Cc1nnc(SCc2ccc(Br)cc2)n1/N=C\c1cc([N+](=O)[O-])c([O-])cc1[O-]. The van der Waals surface area contributed by atoms with Gasteiger partial charge in [-0.05, 0) is 35.9 Å². The first kappa shape index (κ1) is 19.8. The topological polar surface area (TPSA) is 132 Å². The fourth-order valence-electron chi connectivity index (χ4n) is 2.22. The predicted octanol–water partition coefficient (Wildman–Crippen LogP) is 2.58. The lowest BCUT2D eigenvalue weighted by atomic mass is 10.2. The van der Waals surface area contributed by atoms with Gasteiger partial charge in [0.05, 0.1) is 11.1 Å². The molecule has 1 heterocycles. The number of hydrogen-bond donors (Lipinski definition) is 0. The van der Waals surface area contributed by atoms with Crippen LogP contribution in [-0.4, -0.2) is 26.0 Å². The molecule has 0 amide bonds. The van der Waals surface area contributed by atoms with Gasteiger partial charge in [0, 0.05) is 16.3 Å². The summed E-state index contributed by atoms with van der Waals surface area (Å²) in [6.07, 6.45) is 1.16. The molecular formula is C17H12BrN5O4S-2. The number of nitrogens with zero attached hydrogens (tertiary/aromatic N) is 5. The maximum atomic E-state index is 11.9. The van der Waals surface area contributed by atoms with Crippen molar-refractivity contribution in [3.63, 3.8) is 0 Å². The molecule has 3 rings (SSSR count). The van der Waals surface area contributed by atoms with Crippen LogP contribution >= 0.6 is 27.7 Å². The van der Waals surface area contributed by atoms with Gasteiger partial charge in [0.2, 0.25) is 5.16 Å². The van der Waals surface area contributed by atoms with Gasteiger partial charge >= 0.3 is 0 Å². The fraction of sp³-hybridized carbons (Fsp3) is 0.118. The van der Waals surface area contributed by atoms with E-state index in [1.165, 1.54) is 16.4 Å². The van der Waals surface area contributed by atoms with Crippen molar-refractivity contribution in [1.82, 2.24) is 14.9 Å². The number of aromatic nitrogens is 3. The van der Waals surface area contributed by atoms with E-state index in [0.717, 1.165) is 22.3 Å². The maximum Gasteiger partial charge on any atom is 0.262 e. The third-order valence-corrected chi connectivity index (χ3v) is 5.17. The summed E-state index contributed by atoms with van der Waals surface area (Å²) in [5, 5.41) is 47.0. The highest BCUT2D eigenvalue weighted by atomic mass is 79.9. The Balaban J connectivity index is 1.83. The Morgan fingerprint density at radius 3 is 2.61 bits per heavy atom. The first-order chi connectivity index (χ1) is 13.3. The summed E-state index contributed by atoms with van der Waals surface area (Å²) < 4.78 is 2.41. The second kappa shape index (κ2) is 8.40. The largest absolute Gasteiger partial charge is 0.872 e. The molecule has 0 bridgehead atoms. The van der Waals surface area contributed by atoms with Gasteiger partial charge in [0.15, 0.2) is 5.82 Å². The Morgan fingerprint density at radius 1 is 1.21 bits per heavy atom. The predicted molar refractivity (Wildman–Crippen MR) is 103 cm³/mol. The monoisotopic (exact) mass is 461 g/mol. The van der Waals surface area contributed by atoms with Gasteiger partial charge in [-0.3, -0.25) is 10.1 Å². The number of rotatable bonds is 6. The number of nitro groups is 1. The summed E-state index contributed by atoms with van der Waals surface area (Å²) in [7, 11) is 0. The quantitative estimate of drug-likeness (QED) is 0.238. The zero-order valence-electron chi connectivity index (χ0n) is 14.4. The first-order valence-corrected chi connectivity index (χ1v) is 9.63. The highest BCUT2D eigenvalue weighted by molar-refractivity contribution is 9.10. The Hall–Kier alpha value is -2.92. The summed E-state index contributed by atoms with van der Waals surface area (Å²) in [6.45, 7) is 1.69. The average molecular weight is 462 g/mol. The Morgan fingerprint density at radius 2 is 1.93 bits per heavy atom. The van der Waals surface area contributed by atoms with Crippen LogP contribution in [0.2, 0.25) is 0 Å². The Kier molecular flexibility index (Phi) is 5.95. The van der Waals surface area contributed by atoms with Crippen molar-refractivity contribution in [2.24, 2.45) is 5.10 Å². The lowest BCUT2D eigenvalue weighted by molar-refractivity contribution is -0.398. The molecule has 0 N–H and O–H groups in total. The van der Waals surface area contributed by atoms with Gasteiger partial charge in [-0.1, -0.05) is 45.9 Å². The summed E-state index contributed by atoms with van der Waals surface area (Å²) in [5.41, 5.74) is 0.336. The molecule has 0 aliphatic rings. The lowest BCUT2D eigenvalue weighted by Crippen LogP contribution is -2.04. The van der Waals surface area contributed by atoms with E-state index >= 15 is 0 Å². The zero-order chi connectivity index (χ0) is 20.3. The zero-order valence-corrected chi connectivity index (χ0v) is 16.8. The fourth-order valence-corrected chi connectivity index (χ4v) is 3.37. The van der Waals surface area contributed by atoms with Gasteiger partial charge in [-0.2, -0.15) is 9.78 Å². The molecule has 0 aliphatic heterocycles. The highest BCUT2D eigenvalue weighted by Gasteiger charge is 2.11. The van der Waals surface area contributed by atoms with Crippen LogP contribution in [-0.2, 0) is 5.75 Å². The van der Waals surface area contributed by atoms with Crippen LogP contribution in [0.4, 0.5) is 5.69 Å². The van der Waals surface area contributed by atoms with E-state index in [-0.39, 0.29) is 5.56 Å². The van der Waals surface area contributed by atoms with Crippen LogP contribution in [0.3, 0.4) is 0 Å². The van der Waals surface area contributed by atoms with Crippen LogP contribution in [0.5, 0.6) is 11.5 Å². The Labute approximate surface area is 172 Å². The maximum absolute atomic E-state index is 11.9. The van der Waals surface area contributed by atoms with E-state index in [2.05, 4.69) is 31.2 Å². The number of halogens is 1. The molecule has 28 heavy (non-hydrogen) atoms. The summed E-state index contributed by atoms with van der Waals surface area (Å²) in [6, 6.07) is 9.42. The molecule has 0 fully saturated rings. The lowest BCUT2D eigenvalue weighted by Gasteiger charge is -2.15. The number of benzene rings is 2. The summed E-state index contributed by atoms with van der Waals surface area (Å²) >= 11 is 4.78. The molecule has 0 spiro atoms. The highest BCUT2D eigenvalue weighted by Crippen LogP contribution is 2.29. The molecule has 0 atom stereocenters. The average Bonchev–Trinajstić information content (AvgIpc) is 3.00. The van der Waals surface area contributed by atoms with E-state index in [9.17, 15) is 20.3 Å². The molecule has 3 aromatic rings. The van der Waals surface area contributed by atoms with Gasteiger partial charge in [0.25, 0.3) is 5.69 Å². The van der Waals surface area contributed by atoms with E-state index in [4.69, 9.17) is 0 Å². The first-order valence-electron chi connectivity index (χ1n) is 7.85. The molecule has 9 nitrogen and oxygen atoms in total. The smallest absolute Gasteiger partial charge is 0.262 e. The van der Waals surface area contributed by atoms with Crippen LogP contribution in [0.1, 0.15) is 17.0 Å². The van der Waals surface area contributed by atoms with Crippen LogP contribution in [0.15, 0.2) is 51.1 Å². The van der Waals surface area contributed by atoms with Crippen molar-refractivity contribution in [2.75, 3.05) is 0 Å². The van der Waals surface area contributed by atoms with Crippen molar-refractivity contribution >= 4 is 39.6 Å². The molecule has 1 aromatic heterocycles. The van der Waals surface area contributed by atoms with Crippen molar-refractivity contribution in [2.45, 2.75) is 17.8 Å². The normalized spacial score (nSPS) is 11.2. The van der Waals surface area contributed by atoms with Crippen molar-refractivity contribution in [3.05, 3.63) is 67.9 Å². The third kappa shape index (κ3) is 4.49. The minimum atomic E-state index is -0.932.